The zero-order valence-electron chi connectivity index (χ0n) is 9.78. The molecular weight excluding hydrogens is 188 g/mol. The minimum Gasteiger partial charge on any atom is -0.383 e. The highest BCUT2D eigenvalue weighted by Gasteiger charge is 2.17. The number of anilines is 1. The van der Waals surface area contributed by atoms with E-state index in [1.807, 2.05) is 13.8 Å². The molecule has 1 aromatic heterocycles. The minimum atomic E-state index is 0.193. The van der Waals surface area contributed by atoms with Gasteiger partial charge in [0, 0.05) is 6.04 Å². The van der Waals surface area contributed by atoms with Crippen molar-refractivity contribution >= 4 is 5.82 Å². The van der Waals surface area contributed by atoms with Crippen LogP contribution in [-0.2, 0) is 6.42 Å². The normalized spacial score (nSPS) is 11.0. The van der Waals surface area contributed by atoms with Crippen molar-refractivity contribution in [3.05, 3.63) is 11.3 Å². The predicted molar refractivity (Wildman–Crippen MR) is 60.3 cm³/mol. The maximum atomic E-state index is 9.02. The Balaban J connectivity index is 3.17. The van der Waals surface area contributed by atoms with Gasteiger partial charge in [-0.15, -0.1) is 0 Å². The summed E-state index contributed by atoms with van der Waals surface area (Å²) < 4.78 is 1.72. The molecule has 4 nitrogen and oxygen atoms in total. The van der Waals surface area contributed by atoms with E-state index in [9.17, 15) is 0 Å². The average Bonchev–Trinajstić information content (AvgIpc) is 2.41. The van der Waals surface area contributed by atoms with Crippen molar-refractivity contribution in [1.29, 1.82) is 5.26 Å². The smallest absolute Gasteiger partial charge is 0.140 e. The van der Waals surface area contributed by atoms with Crippen LogP contribution in [0.25, 0.3) is 0 Å². The van der Waals surface area contributed by atoms with Crippen LogP contribution < -0.4 is 5.73 Å². The summed E-state index contributed by atoms with van der Waals surface area (Å²) >= 11 is 0. The molecule has 4 heteroatoms. The molecule has 0 aliphatic rings. The lowest BCUT2D eigenvalue weighted by Crippen LogP contribution is -2.07. The molecule has 0 unspecified atom stereocenters. The van der Waals surface area contributed by atoms with Crippen LogP contribution in [0.4, 0.5) is 5.82 Å². The average molecular weight is 206 g/mol. The Morgan fingerprint density at radius 1 is 1.40 bits per heavy atom. The molecule has 0 saturated heterocycles. The number of nitrogens with zero attached hydrogens (tertiary/aromatic N) is 3. The molecule has 1 aromatic rings. The summed E-state index contributed by atoms with van der Waals surface area (Å²) in [6.07, 6.45) is 0.798. The summed E-state index contributed by atoms with van der Waals surface area (Å²) in [5.74, 6) is 0.968. The summed E-state index contributed by atoms with van der Waals surface area (Å²) in [4.78, 5) is 0. The van der Waals surface area contributed by atoms with Crippen LogP contribution in [0.15, 0.2) is 0 Å². The highest BCUT2D eigenvalue weighted by atomic mass is 15.3. The van der Waals surface area contributed by atoms with Gasteiger partial charge in [0.2, 0.25) is 0 Å². The van der Waals surface area contributed by atoms with Gasteiger partial charge < -0.3 is 5.73 Å². The highest BCUT2D eigenvalue weighted by molar-refractivity contribution is 5.52. The van der Waals surface area contributed by atoms with E-state index in [-0.39, 0.29) is 6.04 Å². The standard InChI is InChI=1S/C11H18N4/c1-7(2)5-10-9(6-12)11(13)15(14-10)8(3)4/h7-8H,5,13H2,1-4H3. The minimum absolute atomic E-state index is 0.193. The first-order chi connectivity index (χ1) is 6.97. The van der Waals surface area contributed by atoms with E-state index >= 15 is 0 Å². The zero-order valence-corrected chi connectivity index (χ0v) is 9.78. The van der Waals surface area contributed by atoms with Crippen LogP contribution in [0, 0.1) is 17.2 Å². The largest absolute Gasteiger partial charge is 0.383 e. The SMILES string of the molecule is CC(C)Cc1nn(C(C)C)c(N)c1C#N. The second-order valence-corrected chi connectivity index (χ2v) is 4.46. The Kier molecular flexibility index (Phi) is 3.35. The van der Waals surface area contributed by atoms with Crippen LogP contribution in [-0.4, -0.2) is 9.78 Å². The Hall–Kier alpha value is -1.50. The van der Waals surface area contributed by atoms with Crippen LogP contribution in [0.2, 0.25) is 0 Å². The molecule has 1 heterocycles. The molecule has 0 spiro atoms. The lowest BCUT2D eigenvalue weighted by atomic mass is 10.1. The number of nitriles is 1. The number of hydrogen-bond donors (Lipinski definition) is 1. The number of nitrogen functional groups attached to an aromatic ring is 1. The maximum Gasteiger partial charge on any atom is 0.140 e. The number of rotatable bonds is 3. The quantitative estimate of drug-likeness (QED) is 0.823. The molecule has 0 amide bonds. The van der Waals surface area contributed by atoms with Crippen LogP contribution >= 0.6 is 0 Å². The summed E-state index contributed by atoms with van der Waals surface area (Å²) in [7, 11) is 0. The molecule has 0 saturated carbocycles. The van der Waals surface area contributed by atoms with Gasteiger partial charge in [0.1, 0.15) is 17.5 Å². The highest BCUT2D eigenvalue weighted by Crippen LogP contribution is 2.21. The van der Waals surface area contributed by atoms with Gasteiger partial charge in [-0.1, -0.05) is 13.8 Å². The van der Waals surface area contributed by atoms with Gasteiger partial charge in [0.15, 0.2) is 0 Å². The first kappa shape index (κ1) is 11.6. The number of nitrogens with two attached hydrogens (primary N) is 1. The first-order valence-corrected chi connectivity index (χ1v) is 5.24. The fraction of sp³-hybridized carbons (Fsp3) is 0.636. The molecule has 15 heavy (non-hydrogen) atoms. The fourth-order valence-corrected chi connectivity index (χ4v) is 1.54. The van der Waals surface area contributed by atoms with Crippen molar-refractivity contribution in [2.45, 2.75) is 40.2 Å². The third kappa shape index (κ3) is 2.30. The monoisotopic (exact) mass is 206 g/mol. The molecular formula is C11H18N4. The van der Waals surface area contributed by atoms with Gasteiger partial charge >= 0.3 is 0 Å². The molecule has 0 aromatic carbocycles. The molecule has 0 radical (unpaired) electrons. The topological polar surface area (TPSA) is 67.6 Å². The van der Waals surface area contributed by atoms with E-state index in [4.69, 9.17) is 11.0 Å². The Labute approximate surface area is 90.7 Å². The predicted octanol–water partition coefficient (Wildman–Crippen LogP) is 2.12. The van der Waals surface area contributed by atoms with Crippen molar-refractivity contribution < 1.29 is 0 Å². The van der Waals surface area contributed by atoms with Gasteiger partial charge in [-0.2, -0.15) is 10.4 Å². The molecule has 0 atom stereocenters. The summed E-state index contributed by atoms with van der Waals surface area (Å²) in [5.41, 5.74) is 7.23. The van der Waals surface area contributed by atoms with Crippen LogP contribution in [0.1, 0.15) is 45.0 Å². The molecule has 0 fully saturated rings. The zero-order chi connectivity index (χ0) is 11.6. The maximum absolute atomic E-state index is 9.02. The van der Waals surface area contributed by atoms with Gasteiger partial charge in [0.25, 0.3) is 0 Å². The van der Waals surface area contributed by atoms with Crippen molar-refractivity contribution in [2.24, 2.45) is 5.92 Å². The third-order valence-electron chi connectivity index (χ3n) is 2.22. The molecule has 0 bridgehead atoms. The lowest BCUT2D eigenvalue weighted by molar-refractivity contribution is 0.525. The molecule has 0 aliphatic carbocycles. The summed E-state index contributed by atoms with van der Waals surface area (Å²) in [5, 5.41) is 13.4. The second-order valence-electron chi connectivity index (χ2n) is 4.46. The molecule has 1 rings (SSSR count). The van der Waals surface area contributed by atoms with E-state index < -0.39 is 0 Å². The van der Waals surface area contributed by atoms with Crippen molar-refractivity contribution in [2.75, 3.05) is 5.73 Å². The lowest BCUT2D eigenvalue weighted by Gasteiger charge is -2.06. The van der Waals surface area contributed by atoms with E-state index in [1.165, 1.54) is 0 Å². The van der Waals surface area contributed by atoms with Crippen LogP contribution in [0.3, 0.4) is 0 Å². The van der Waals surface area contributed by atoms with Gasteiger partial charge in [-0.05, 0) is 26.2 Å². The first-order valence-electron chi connectivity index (χ1n) is 5.24. The van der Waals surface area contributed by atoms with Crippen molar-refractivity contribution in [3.63, 3.8) is 0 Å². The van der Waals surface area contributed by atoms with Gasteiger partial charge in [-0.3, -0.25) is 0 Å². The van der Waals surface area contributed by atoms with Gasteiger partial charge in [0.05, 0.1) is 5.69 Å². The Morgan fingerprint density at radius 2 is 2.00 bits per heavy atom. The molecule has 82 valence electrons. The van der Waals surface area contributed by atoms with Crippen molar-refractivity contribution in [1.82, 2.24) is 9.78 Å². The Bertz CT molecular complexity index is 382. The van der Waals surface area contributed by atoms with Gasteiger partial charge in [-0.25, -0.2) is 4.68 Å². The molecule has 2 N–H and O–H groups in total. The van der Waals surface area contributed by atoms with E-state index in [0.29, 0.717) is 17.3 Å². The third-order valence-corrected chi connectivity index (χ3v) is 2.22. The second kappa shape index (κ2) is 4.35. The summed E-state index contributed by atoms with van der Waals surface area (Å²) in [6, 6.07) is 2.33. The molecule has 0 aliphatic heterocycles. The number of hydrogen-bond acceptors (Lipinski definition) is 3. The van der Waals surface area contributed by atoms with E-state index in [0.717, 1.165) is 12.1 Å². The summed E-state index contributed by atoms with van der Waals surface area (Å²) in [6.45, 7) is 8.21. The fourth-order valence-electron chi connectivity index (χ4n) is 1.54. The number of aromatic nitrogens is 2. The van der Waals surface area contributed by atoms with E-state index in [2.05, 4.69) is 25.0 Å². The van der Waals surface area contributed by atoms with Crippen molar-refractivity contribution in [3.8, 4) is 6.07 Å². The van der Waals surface area contributed by atoms with E-state index in [1.54, 1.807) is 4.68 Å². The van der Waals surface area contributed by atoms with Crippen LogP contribution in [0.5, 0.6) is 0 Å². The Morgan fingerprint density at radius 3 is 2.40 bits per heavy atom.